The fourth-order valence-electron chi connectivity index (χ4n) is 4.61. The number of nitrogens with one attached hydrogen (secondary N) is 1. The molecule has 0 aliphatic heterocycles. The molecule has 7 nitrogen and oxygen atoms in total. The van der Waals surface area contributed by atoms with Gasteiger partial charge in [0, 0.05) is 27.7 Å². The molecule has 0 spiro atoms. The topological polar surface area (TPSA) is 83.8 Å². The summed E-state index contributed by atoms with van der Waals surface area (Å²) < 4.78 is 30.3. The molecule has 202 valence electrons. The SMILES string of the molecule is Cc1cc(C)cc(-n2c(C)cc(/C=N\NC(=O)CN(c3cc(Cl)ccc3C)S(=O)(=O)c3ccccc3)c2C)c1. The van der Waals surface area contributed by atoms with Crippen molar-refractivity contribution in [1.82, 2.24) is 9.99 Å². The van der Waals surface area contributed by atoms with Gasteiger partial charge < -0.3 is 4.57 Å². The lowest BCUT2D eigenvalue weighted by atomic mass is 10.1. The molecular weight excluding hydrogens is 532 g/mol. The zero-order chi connectivity index (χ0) is 28.3. The van der Waals surface area contributed by atoms with E-state index in [4.69, 9.17) is 11.6 Å². The van der Waals surface area contributed by atoms with Crippen LogP contribution in [0.25, 0.3) is 5.69 Å². The second-order valence-corrected chi connectivity index (χ2v) is 11.9. The van der Waals surface area contributed by atoms with Gasteiger partial charge in [-0.05, 0) is 93.8 Å². The Morgan fingerprint density at radius 2 is 1.62 bits per heavy atom. The predicted octanol–water partition coefficient (Wildman–Crippen LogP) is 6.02. The van der Waals surface area contributed by atoms with Crippen LogP contribution in [0.3, 0.4) is 0 Å². The lowest BCUT2D eigenvalue weighted by molar-refractivity contribution is -0.119. The second-order valence-electron chi connectivity index (χ2n) is 9.56. The Morgan fingerprint density at radius 3 is 2.28 bits per heavy atom. The summed E-state index contributed by atoms with van der Waals surface area (Å²) in [4.78, 5) is 13.0. The fourth-order valence-corrected chi connectivity index (χ4v) is 6.27. The van der Waals surface area contributed by atoms with E-state index in [2.05, 4.69) is 47.1 Å². The number of hydrazone groups is 1. The van der Waals surface area contributed by atoms with Crippen molar-refractivity contribution in [3.63, 3.8) is 0 Å². The first-order valence-corrected chi connectivity index (χ1v) is 14.2. The summed E-state index contributed by atoms with van der Waals surface area (Å²) >= 11 is 6.19. The molecule has 0 saturated heterocycles. The molecule has 3 aromatic carbocycles. The first-order chi connectivity index (χ1) is 18.5. The van der Waals surface area contributed by atoms with Crippen molar-refractivity contribution in [3.8, 4) is 5.69 Å². The molecule has 1 heterocycles. The number of amides is 1. The van der Waals surface area contributed by atoms with Crippen molar-refractivity contribution in [3.05, 3.63) is 111 Å². The van der Waals surface area contributed by atoms with Crippen molar-refractivity contribution >= 4 is 39.4 Å². The first-order valence-electron chi connectivity index (χ1n) is 12.4. The highest BCUT2D eigenvalue weighted by Crippen LogP contribution is 2.29. The molecule has 0 unspecified atom stereocenters. The summed E-state index contributed by atoms with van der Waals surface area (Å²) in [7, 11) is -4.05. The lowest BCUT2D eigenvalue weighted by Gasteiger charge is -2.25. The molecule has 1 aromatic heterocycles. The molecule has 0 radical (unpaired) electrons. The fraction of sp³-hybridized carbons (Fsp3) is 0.200. The summed E-state index contributed by atoms with van der Waals surface area (Å²) in [6, 6.07) is 21.3. The molecular formula is C30H31ClN4O3S. The van der Waals surface area contributed by atoms with Crippen LogP contribution in [0.1, 0.15) is 33.6 Å². The zero-order valence-corrected chi connectivity index (χ0v) is 24.1. The molecule has 1 N–H and O–H groups in total. The van der Waals surface area contributed by atoms with Gasteiger partial charge in [-0.3, -0.25) is 9.10 Å². The van der Waals surface area contributed by atoms with Crippen LogP contribution in [0.2, 0.25) is 5.02 Å². The van der Waals surface area contributed by atoms with E-state index in [1.54, 1.807) is 43.5 Å². The van der Waals surface area contributed by atoms with Crippen molar-refractivity contribution in [1.29, 1.82) is 0 Å². The average molecular weight is 563 g/mol. The zero-order valence-electron chi connectivity index (χ0n) is 22.6. The number of sulfonamides is 1. The Balaban J connectivity index is 1.58. The van der Waals surface area contributed by atoms with E-state index in [0.717, 1.165) is 26.9 Å². The average Bonchev–Trinajstić information content (AvgIpc) is 3.16. The molecule has 9 heteroatoms. The summed E-state index contributed by atoms with van der Waals surface area (Å²) in [5.41, 5.74) is 9.71. The Kier molecular flexibility index (Phi) is 8.28. The molecule has 0 saturated carbocycles. The van der Waals surface area contributed by atoms with Gasteiger partial charge in [0.2, 0.25) is 0 Å². The van der Waals surface area contributed by atoms with Crippen molar-refractivity contribution in [2.75, 3.05) is 10.8 Å². The number of anilines is 1. The van der Waals surface area contributed by atoms with Crippen LogP contribution in [0.15, 0.2) is 82.8 Å². The monoisotopic (exact) mass is 562 g/mol. The summed E-state index contributed by atoms with van der Waals surface area (Å²) in [5, 5.41) is 4.50. The van der Waals surface area contributed by atoms with E-state index in [0.29, 0.717) is 16.3 Å². The largest absolute Gasteiger partial charge is 0.318 e. The van der Waals surface area contributed by atoms with Crippen molar-refractivity contribution < 1.29 is 13.2 Å². The Morgan fingerprint density at radius 1 is 0.949 bits per heavy atom. The van der Waals surface area contributed by atoms with Gasteiger partial charge in [-0.2, -0.15) is 5.10 Å². The molecule has 0 atom stereocenters. The van der Waals surface area contributed by atoms with Gasteiger partial charge in [0.1, 0.15) is 6.54 Å². The number of carbonyl (C=O) groups excluding carboxylic acids is 1. The number of carbonyl (C=O) groups is 1. The molecule has 4 aromatic rings. The minimum atomic E-state index is -4.05. The van der Waals surface area contributed by atoms with Crippen molar-refractivity contribution in [2.24, 2.45) is 5.10 Å². The van der Waals surface area contributed by atoms with E-state index in [1.165, 1.54) is 29.3 Å². The Hall–Kier alpha value is -3.88. The molecule has 0 aliphatic rings. The number of hydrogen-bond donors (Lipinski definition) is 1. The maximum absolute atomic E-state index is 13.6. The van der Waals surface area contributed by atoms with E-state index in [1.807, 2.05) is 19.9 Å². The second kappa shape index (κ2) is 11.5. The van der Waals surface area contributed by atoms with Crippen LogP contribution < -0.4 is 9.73 Å². The minimum Gasteiger partial charge on any atom is -0.318 e. The van der Waals surface area contributed by atoms with Gasteiger partial charge in [0.25, 0.3) is 15.9 Å². The highest BCUT2D eigenvalue weighted by atomic mass is 35.5. The van der Waals surface area contributed by atoms with Crippen LogP contribution in [-0.4, -0.2) is 31.7 Å². The number of halogens is 1. The van der Waals surface area contributed by atoms with Gasteiger partial charge in [-0.1, -0.05) is 41.9 Å². The number of nitrogens with zero attached hydrogens (tertiary/aromatic N) is 3. The van der Waals surface area contributed by atoms with Gasteiger partial charge in [0.15, 0.2) is 0 Å². The number of aryl methyl sites for hydroxylation is 4. The number of benzene rings is 3. The summed E-state index contributed by atoms with van der Waals surface area (Å²) in [6.07, 6.45) is 1.57. The molecule has 0 bridgehead atoms. The van der Waals surface area contributed by atoms with Crippen LogP contribution >= 0.6 is 11.6 Å². The number of aromatic nitrogens is 1. The van der Waals surface area contributed by atoms with Gasteiger partial charge in [-0.25, -0.2) is 13.8 Å². The molecule has 0 aliphatic carbocycles. The Labute approximate surface area is 234 Å². The number of hydrogen-bond acceptors (Lipinski definition) is 4. The van der Waals surface area contributed by atoms with Gasteiger partial charge >= 0.3 is 0 Å². The van der Waals surface area contributed by atoms with Gasteiger partial charge in [-0.15, -0.1) is 0 Å². The third kappa shape index (κ3) is 6.24. The highest BCUT2D eigenvalue weighted by Gasteiger charge is 2.28. The van der Waals surface area contributed by atoms with Gasteiger partial charge in [0.05, 0.1) is 16.8 Å². The van der Waals surface area contributed by atoms with Crippen LogP contribution in [0.4, 0.5) is 5.69 Å². The molecule has 0 fully saturated rings. The normalized spacial score (nSPS) is 11.6. The predicted molar refractivity (Wildman–Crippen MR) is 158 cm³/mol. The summed E-state index contributed by atoms with van der Waals surface area (Å²) in [5.74, 6) is -0.590. The van der Waals surface area contributed by atoms with E-state index < -0.39 is 22.5 Å². The Bertz CT molecular complexity index is 1640. The standard InChI is InChI=1S/C30H31ClN4O3S/c1-20-13-21(2)15-27(14-20)35-23(4)16-25(24(35)5)18-32-33-30(36)19-34(29-17-26(31)12-11-22(29)3)39(37,38)28-9-7-6-8-10-28/h6-18H,19H2,1-5H3,(H,33,36)/b32-18-. The van der Waals surface area contributed by atoms with E-state index in [-0.39, 0.29) is 4.90 Å². The third-order valence-electron chi connectivity index (χ3n) is 6.39. The smallest absolute Gasteiger partial charge is 0.264 e. The quantitative estimate of drug-likeness (QED) is 0.210. The lowest BCUT2D eigenvalue weighted by Crippen LogP contribution is -2.40. The molecule has 39 heavy (non-hydrogen) atoms. The first kappa shape index (κ1) is 28.1. The molecule has 4 rings (SSSR count). The summed E-state index contributed by atoms with van der Waals surface area (Å²) in [6.45, 7) is 9.42. The van der Waals surface area contributed by atoms with Crippen molar-refractivity contribution in [2.45, 2.75) is 39.5 Å². The van der Waals surface area contributed by atoms with Crippen LogP contribution in [-0.2, 0) is 14.8 Å². The van der Waals surface area contributed by atoms with Crippen LogP contribution in [0.5, 0.6) is 0 Å². The minimum absolute atomic E-state index is 0.0690. The number of rotatable bonds is 8. The molecule has 1 amide bonds. The maximum Gasteiger partial charge on any atom is 0.264 e. The highest BCUT2D eigenvalue weighted by molar-refractivity contribution is 7.92. The van der Waals surface area contributed by atoms with Crippen LogP contribution in [0, 0.1) is 34.6 Å². The maximum atomic E-state index is 13.6. The van der Waals surface area contributed by atoms with E-state index >= 15 is 0 Å². The van der Waals surface area contributed by atoms with E-state index in [9.17, 15) is 13.2 Å². The third-order valence-corrected chi connectivity index (χ3v) is 8.40.